The number of carbonyl (C=O) groups is 2. The van der Waals surface area contributed by atoms with Crippen molar-refractivity contribution in [3.8, 4) is 11.5 Å². The summed E-state index contributed by atoms with van der Waals surface area (Å²) in [6, 6.07) is 5.26. The molecule has 3 aromatic rings. The molecule has 0 bridgehead atoms. The van der Waals surface area contributed by atoms with Crippen molar-refractivity contribution in [1.82, 2.24) is 20.8 Å². The van der Waals surface area contributed by atoms with E-state index in [9.17, 15) is 18.4 Å². The molecule has 28 heavy (non-hydrogen) atoms. The Morgan fingerprint density at radius 3 is 2.86 bits per heavy atom. The van der Waals surface area contributed by atoms with E-state index in [2.05, 4.69) is 20.8 Å². The van der Waals surface area contributed by atoms with E-state index in [4.69, 9.17) is 4.74 Å². The molecule has 2 amide bonds. The van der Waals surface area contributed by atoms with Gasteiger partial charge in [-0.1, -0.05) is 0 Å². The van der Waals surface area contributed by atoms with Gasteiger partial charge in [0.1, 0.15) is 17.6 Å². The molecule has 1 aliphatic rings. The molecule has 1 aliphatic heterocycles. The number of ether oxygens (including phenoxy) is 1. The lowest BCUT2D eigenvalue weighted by Gasteiger charge is -2.23. The first kappa shape index (κ1) is 17.9. The highest BCUT2D eigenvalue weighted by molar-refractivity contribution is 6.02. The molecule has 9 heteroatoms. The molecule has 0 radical (unpaired) electrons. The van der Waals surface area contributed by atoms with Crippen molar-refractivity contribution in [2.24, 2.45) is 0 Å². The number of rotatable bonds is 4. The topological polar surface area (TPSA) is 96.1 Å². The molecule has 4 rings (SSSR count). The third kappa shape index (κ3) is 3.51. The smallest absolute Gasteiger partial charge is 0.255 e. The lowest BCUT2D eigenvalue weighted by atomic mass is 10.1. The van der Waals surface area contributed by atoms with Crippen LogP contribution in [0.1, 0.15) is 23.2 Å². The SMILES string of the molecule is O=C(N[C@H]1CCCNC1=O)c1cc2[nH]ncc2cc1Oc1ccc(F)cc1F. The highest BCUT2D eigenvalue weighted by atomic mass is 19.1. The maximum atomic E-state index is 14.0. The minimum atomic E-state index is -0.898. The first-order chi connectivity index (χ1) is 13.5. The zero-order valence-corrected chi connectivity index (χ0v) is 14.6. The number of fused-ring (bicyclic) bond motifs is 1. The third-order valence-electron chi connectivity index (χ3n) is 4.49. The normalized spacial score (nSPS) is 16.6. The Morgan fingerprint density at radius 1 is 1.21 bits per heavy atom. The molecule has 0 spiro atoms. The van der Waals surface area contributed by atoms with Crippen LogP contribution in [0.2, 0.25) is 0 Å². The zero-order chi connectivity index (χ0) is 19.7. The molecule has 1 atom stereocenters. The summed E-state index contributed by atoms with van der Waals surface area (Å²) in [6.45, 7) is 0.573. The largest absolute Gasteiger partial charge is 0.453 e. The quantitative estimate of drug-likeness (QED) is 0.642. The average Bonchev–Trinajstić information content (AvgIpc) is 3.12. The van der Waals surface area contributed by atoms with Crippen molar-refractivity contribution in [2.75, 3.05) is 6.54 Å². The highest BCUT2D eigenvalue weighted by Crippen LogP contribution is 2.31. The van der Waals surface area contributed by atoms with Crippen molar-refractivity contribution in [1.29, 1.82) is 0 Å². The third-order valence-corrected chi connectivity index (χ3v) is 4.49. The van der Waals surface area contributed by atoms with Crippen molar-refractivity contribution in [3.63, 3.8) is 0 Å². The first-order valence-corrected chi connectivity index (χ1v) is 8.70. The van der Waals surface area contributed by atoms with Gasteiger partial charge in [0.05, 0.1) is 17.3 Å². The summed E-state index contributed by atoms with van der Waals surface area (Å²) in [5.41, 5.74) is 0.670. The van der Waals surface area contributed by atoms with E-state index in [-0.39, 0.29) is 23.0 Å². The minimum absolute atomic E-state index is 0.0631. The molecule has 1 fully saturated rings. The van der Waals surface area contributed by atoms with Crippen LogP contribution in [0.15, 0.2) is 36.5 Å². The first-order valence-electron chi connectivity index (χ1n) is 8.70. The van der Waals surface area contributed by atoms with Crippen molar-refractivity contribution in [2.45, 2.75) is 18.9 Å². The molecular weight excluding hydrogens is 370 g/mol. The van der Waals surface area contributed by atoms with Crippen LogP contribution in [-0.2, 0) is 4.79 Å². The van der Waals surface area contributed by atoms with Gasteiger partial charge in [-0.3, -0.25) is 14.7 Å². The van der Waals surface area contributed by atoms with Crippen LogP contribution in [0.25, 0.3) is 10.9 Å². The number of benzene rings is 2. The Morgan fingerprint density at radius 2 is 2.07 bits per heavy atom. The minimum Gasteiger partial charge on any atom is -0.453 e. The number of hydrogen-bond donors (Lipinski definition) is 3. The Bertz CT molecular complexity index is 1070. The number of aromatic nitrogens is 2. The number of nitrogens with one attached hydrogen (secondary N) is 3. The summed E-state index contributed by atoms with van der Waals surface area (Å²) < 4.78 is 32.7. The molecule has 1 aromatic heterocycles. The van der Waals surface area contributed by atoms with Gasteiger partial charge >= 0.3 is 0 Å². The Hall–Kier alpha value is -3.49. The summed E-state index contributed by atoms with van der Waals surface area (Å²) in [4.78, 5) is 24.7. The van der Waals surface area contributed by atoms with Gasteiger partial charge < -0.3 is 15.4 Å². The number of nitrogens with zero attached hydrogens (tertiary/aromatic N) is 1. The maximum absolute atomic E-state index is 14.0. The summed E-state index contributed by atoms with van der Waals surface area (Å²) in [6.07, 6.45) is 2.80. The van der Waals surface area contributed by atoms with Crippen LogP contribution in [-0.4, -0.2) is 34.6 Å². The second kappa shape index (κ2) is 7.26. The fourth-order valence-electron chi connectivity index (χ4n) is 3.05. The number of aromatic amines is 1. The number of halogens is 2. The maximum Gasteiger partial charge on any atom is 0.255 e. The van der Waals surface area contributed by atoms with Crippen LogP contribution >= 0.6 is 0 Å². The number of hydrogen-bond acceptors (Lipinski definition) is 4. The molecule has 2 aromatic carbocycles. The summed E-state index contributed by atoms with van der Waals surface area (Å²) >= 11 is 0. The second-order valence-corrected chi connectivity index (χ2v) is 6.44. The van der Waals surface area contributed by atoms with E-state index >= 15 is 0 Å². The monoisotopic (exact) mass is 386 g/mol. The van der Waals surface area contributed by atoms with Gasteiger partial charge in [0.15, 0.2) is 11.6 Å². The molecule has 7 nitrogen and oxygen atoms in total. The Kier molecular flexibility index (Phi) is 4.64. The van der Waals surface area contributed by atoms with E-state index in [1.165, 1.54) is 18.3 Å². The molecule has 0 unspecified atom stereocenters. The summed E-state index contributed by atoms with van der Waals surface area (Å²) in [5.74, 6) is -2.60. The van der Waals surface area contributed by atoms with Crippen LogP contribution in [0.3, 0.4) is 0 Å². The molecule has 2 heterocycles. The number of H-pyrrole nitrogens is 1. The van der Waals surface area contributed by atoms with Crippen LogP contribution < -0.4 is 15.4 Å². The van der Waals surface area contributed by atoms with E-state index in [1.54, 1.807) is 0 Å². The molecule has 0 saturated carbocycles. The number of piperidine rings is 1. The van der Waals surface area contributed by atoms with Gasteiger partial charge in [-0.05, 0) is 37.1 Å². The predicted octanol–water partition coefficient (Wildman–Crippen LogP) is 2.64. The van der Waals surface area contributed by atoms with Gasteiger partial charge in [0.2, 0.25) is 5.91 Å². The molecule has 0 aliphatic carbocycles. The lowest BCUT2D eigenvalue weighted by molar-refractivity contribution is -0.124. The van der Waals surface area contributed by atoms with Crippen LogP contribution in [0.4, 0.5) is 8.78 Å². The van der Waals surface area contributed by atoms with E-state index in [0.29, 0.717) is 29.9 Å². The molecular formula is C19H16F2N4O3. The predicted molar refractivity (Wildman–Crippen MR) is 96.0 cm³/mol. The molecule has 144 valence electrons. The van der Waals surface area contributed by atoms with Crippen molar-refractivity contribution in [3.05, 3.63) is 53.7 Å². The fourth-order valence-corrected chi connectivity index (χ4v) is 3.05. The van der Waals surface area contributed by atoms with Gasteiger partial charge in [-0.25, -0.2) is 8.78 Å². The van der Waals surface area contributed by atoms with Gasteiger partial charge in [0.25, 0.3) is 5.91 Å². The van der Waals surface area contributed by atoms with E-state index < -0.39 is 23.6 Å². The van der Waals surface area contributed by atoms with Crippen LogP contribution in [0.5, 0.6) is 11.5 Å². The van der Waals surface area contributed by atoms with Gasteiger partial charge in [-0.2, -0.15) is 5.10 Å². The summed E-state index contributed by atoms with van der Waals surface area (Å²) in [7, 11) is 0. The molecule has 3 N–H and O–H groups in total. The Labute approximate surface area is 158 Å². The second-order valence-electron chi connectivity index (χ2n) is 6.44. The fraction of sp³-hybridized carbons (Fsp3) is 0.211. The average molecular weight is 386 g/mol. The standard InChI is InChI=1S/C19H16F2N4O3/c20-11-3-4-16(13(21)7-11)28-17-6-10-9-23-25-15(10)8-12(17)18(26)24-14-2-1-5-22-19(14)27/h3-4,6-9,14H,1-2,5H2,(H,22,27)(H,23,25)(H,24,26)/t14-/m0/s1. The molecule has 1 saturated heterocycles. The highest BCUT2D eigenvalue weighted by Gasteiger charge is 2.26. The van der Waals surface area contributed by atoms with Gasteiger partial charge in [0, 0.05) is 18.0 Å². The Balaban J connectivity index is 1.68. The van der Waals surface area contributed by atoms with Crippen molar-refractivity contribution >= 4 is 22.7 Å². The van der Waals surface area contributed by atoms with Crippen LogP contribution in [0, 0.1) is 11.6 Å². The van der Waals surface area contributed by atoms with Gasteiger partial charge in [-0.15, -0.1) is 0 Å². The van der Waals surface area contributed by atoms with E-state index in [0.717, 1.165) is 18.6 Å². The number of amides is 2. The number of carbonyl (C=O) groups excluding carboxylic acids is 2. The van der Waals surface area contributed by atoms with Crippen molar-refractivity contribution < 1.29 is 23.1 Å². The summed E-state index contributed by atoms with van der Waals surface area (Å²) in [5, 5.41) is 12.7. The zero-order valence-electron chi connectivity index (χ0n) is 14.6. The van der Waals surface area contributed by atoms with E-state index in [1.807, 2.05) is 0 Å². The lowest BCUT2D eigenvalue weighted by Crippen LogP contribution is -2.50.